The van der Waals surface area contributed by atoms with Gasteiger partial charge in [-0.1, -0.05) is 6.42 Å². The number of carbonyl (C=O) groups excluding carboxylic acids is 1. The second-order valence-corrected chi connectivity index (χ2v) is 5.52. The van der Waals surface area contributed by atoms with Gasteiger partial charge in [-0.15, -0.1) is 0 Å². The fourth-order valence-electron chi connectivity index (χ4n) is 2.96. The Hall–Kier alpha value is -0.710. The molecular formula is C13H20F2O3. The zero-order valence-electron chi connectivity index (χ0n) is 10.6. The van der Waals surface area contributed by atoms with Gasteiger partial charge in [-0.05, 0) is 50.9 Å². The van der Waals surface area contributed by atoms with Crippen molar-refractivity contribution in [2.24, 2.45) is 11.8 Å². The highest BCUT2D eigenvalue weighted by Gasteiger charge is 2.61. The fraction of sp³-hybridized carbons (Fsp3) is 0.923. The smallest absolute Gasteiger partial charge is 0.380 e. The molecule has 2 atom stereocenters. The van der Waals surface area contributed by atoms with E-state index in [1.165, 1.54) is 6.92 Å². The molecule has 0 saturated heterocycles. The van der Waals surface area contributed by atoms with Crippen molar-refractivity contribution in [3.05, 3.63) is 0 Å². The Bertz CT molecular complexity index is 328. The lowest BCUT2D eigenvalue weighted by molar-refractivity contribution is -0.224. The number of ether oxygens (including phenoxy) is 1. The summed E-state index contributed by atoms with van der Waals surface area (Å²) < 4.78 is 32.4. The molecule has 1 N–H and O–H groups in total. The van der Waals surface area contributed by atoms with Crippen LogP contribution in [0.4, 0.5) is 8.78 Å². The molecule has 0 bridgehead atoms. The molecule has 104 valence electrons. The maximum atomic E-state index is 14.0. The maximum Gasteiger partial charge on any atom is 0.380 e. The average Bonchev–Trinajstić information content (AvgIpc) is 3.13. The number of halogens is 2. The van der Waals surface area contributed by atoms with Crippen LogP contribution in [0.5, 0.6) is 0 Å². The van der Waals surface area contributed by atoms with Crippen LogP contribution in [0, 0.1) is 11.8 Å². The van der Waals surface area contributed by atoms with Gasteiger partial charge in [0.05, 0.1) is 6.61 Å². The van der Waals surface area contributed by atoms with E-state index in [0.717, 1.165) is 19.3 Å². The van der Waals surface area contributed by atoms with Crippen LogP contribution in [0.2, 0.25) is 0 Å². The van der Waals surface area contributed by atoms with E-state index in [-0.39, 0.29) is 25.4 Å². The molecule has 2 rings (SSSR count). The van der Waals surface area contributed by atoms with E-state index in [2.05, 4.69) is 4.74 Å². The Morgan fingerprint density at radius 2 is 2.06 bits per heavy atom. The minimum absolute atomic E-state index is 0.0173. The first-order valence-corrected chi connectivity index (χ1v) is 6.68. The summed E-state index contributed by atoms with van der Waals surface area (Å²) in [6, 6.07) is 0. The molecule has 5 heteroatoms. The summed E-state index contributed by atoms with van der Waals surface area (Å²) in [6.45, 7) is 1.38. The molecule has 0 spiro atoms. The minimum atomic E-state index is -3.80. The SMILES string of the molecule is CCOC(=O)C(F)(F)C1(O)CCCC(C2CC2)C1. The molecule has 2 aliphatic carbocycles. The van der Waals surface area contributed by atoms with Crippen molar-refractivity contribution in [3.63, 3.8) is 0 Å². The topological polar surface area (TPSA) is 46.5 Å². The normalized spacial score (nSPS) is 33.2. The molecular weight excluding hydrogens is 242 g/mol. The third-order valence-electron chi connectivity index (χ3n) is 4.17. The van der Waals surface area contributed by atoms with Gasteiger partial charge in [-0.3, -0.25) is 0 Å². The number of carbonyl (C=O) groups is 1. The number of rotatable bonds is 4. The van der Waals surface area contributed by atoms with Crippen LogP contribution in [-0.4, -0.2) is 29.2 Å². The minimum Gasteiger partial charge on any atom is -0.461 e. The van der Waals surface area contributed by atoms with Crippen molar-refractivity contribution in [2.75, 3.05) is 6.61 Å². The van der Waals surface area contributed by atoms with E-state index >= 15 is 0 Å². The number of alkyl halides is 2. The fourth-order valence-corrected chi connectivity index (χ4v) is 2.96. The molecule has 2 aliphatic rings. The number of hydrogen-bond acceptors (Lipinski definition) is 3. The molecule has 3 nitrogen and oxygen atoms in total. The van der Waals surface area contributed by atoms with Gasteiger partial charge in [0, 0.05) is 0 Å². The van der Waals surface area contributed by atoms with E-state index in [0.29, 0.717) is 12.3 Å². The molecule has 0 aromatic rings. The zero-order chi connectivity index (χ0) is 13.4. The molecule has 0 aromatic carbocycles. The largest absolute Gasteiger partial charge is 0.461 e. The lowest BCUT2D eigenvalue weighted by atomic mass is 9.73. The highest BCUT2D eigenvalue weighted by atomic mass is 19.3. The lowest BCUT2D eigenvalue weighted by Gasteiger charge is -2.40. The van der Waals surface area contributed by atoms with Crippen molar-refractivity contribution in [2.45, 2.75) is 57.0 Å². The Kier molecular flexibility index (Phi) is 3.63. The Morgan fingerprint density at radius 1 is 1.39 bits per heavy atom. The van der Waals surface area contributed by atoms with Gasteiger partial charge < -0.3 is 9.84 Å². The molecule has 2 saturated carbocycles. The standard InChI is InChI=1S/C13H20F2O3/c1-2-18-11(16)13(14,15)12(17)7-3-4-10(8-12)9-5-6-9/h9-10,17H,2-8H2,1H3. The van der Waals surface area contributed by atoms with Crippen molar-refractivity contribution in [1.82, 2.24) is 0 Å². The van der Waals surface area contributed by atoms with Crippen molar-refractivity contribution >= 4 is 5.97 Å². The van der Waals surface area contributed by atoms with Crippen LogP contribution in [0.25, 0.3) is 0 Å². The van der Waals surface area contributed by atoms with Crippen LogP contribution in [0.15, 0.2) is 0 Å². The molecule has 2 fully saturated rings. The summed E-state index contributed by atoms with van der Waals surface area (Å²) >= 11 is 0. The average molecular weight is 262 g/mol. The summed E-state index contributed by atoms with van der Waals surface area (Å²) in [5, 5.41) is 10.2. The molecule has 0 heterocycles. The van der Waals surface area contributed by atoms with Crippen LogP contribution in [-0.2, 0) is 9.53 Å². The summed E-state index contributed by atoms with van der Waals surface area (Å²) in [4.78, 5) is 11.3. The lowest BCUT2D eigenvalue weighted by Crippen LogP contribution is -2.56. The Morgan fingerprint density at radius 3 is 2.61 bits per heavy atom. The monoisotopic (exact) mass is 262 g/mol. The van der Waals surface area contributed by atoms with Crippen LogP contribution < -0.4 is 0 Å². The highest BCUT2D eigenvalue weighted by molar-refractivity contribution is 5.79. The van der Waals surface area contributed by atoms with E-state index < -0.39 is 17.5 Å². The number of hydrogen-bond donors (Lipinski definition) is 1. The summed E-state index contributed by atoms with van der Waals surface area (Å²) in [7, 11) is 0. The molecule has 0 aliphatic heterocycles. The van der Waals surface area contributed by atoms with Crippen molar-refractivity contribution in [1.29, 1.82) is 0 Å². The predicted octanol–water partition coefficient (Wildman–Crippen LogP) is 2.52. The van der Waals surface area contributed by atoms with Crippen molar-refractivity contribution in [3.8, 4) is 0 Å². The first-order chi connectivity index (χ1) is 8.40. The second kappa shape index (κ2) is 4.76. The summed E-state index contributed by atoms with van der Waals surface area (Å²) in [5.41, 5.74) is -2.22. The van der Waals surface area contributed by atoms with Gasteiger partial charge in [0.15, 0.2) is 0 Å². The quantitative estimate of drug-likeness (QED) is 0.792. The second-order valence-electron chi connectivity index (χ2n) is 5.52. The van der Waals surface area contributed by atoms with Gasteiger partial charge in [0.2, 0.25) is 0 Å². The van der Waals surface area contributed by atoms with Crippen LogP contribution in [0.3, 0.4) is 0 Å². The molecule has 18 heavy (non-hydrogen) atoms. The third kappa shape index (κ3) is 2.37. The predicted molar refractivity (Wildman–Crippen MR) is 61.2 cm³/mol. The maximum absolute atomic E-state index is 14.0. The summed E-state index contributed by atoms with van der Waals surface area (Å²) in [5.74, 6) is -4.79. The van der Waals surface area contributed by atoms with Crippen LogP contribution in [0.1, 0.15) is 45.4 Å². The molecule has 0 amide bonds. The molecule has 2 unspecified atom stereocenters. The van der Waals surface area contributed by atoms with Gasteiger partial charge >= 0.3 is 11.9 Å². The molecule has 0 radical (unpaired) electrons. The molecule has 0 aromatic heterocycles. The first kappa shape index (κ1) is 13.7. The Labute approximate surface area is 106 Å². The van der Waals surface area contributed by atoms with E-state index in [4.69, 9.17) is 0 Å². The number of aliphatic hydroxyl groups is 1. The van der Waals surface area contributed by atoms with Gasteiger partial charge in [-0.2, -0.15) is 8.78 Å². The highest BCUT2D eigenvalue weighted by Crippen LogP contribution is 2.50. The van der Waals surface area contributed by atoms with E-state index in [1.807, 2.05) is 0 Å². The third-order valence-corrected chi connectivity index (χ3v) is 4.17. The summed E-state index contributed by atoms with van der Waals surface area (Å²) in [6.07, 6.45) is 3.54. The Balaban J connectivity index is 2.10. The van der Waals surface area contributed by atoms with Gasteiger partial charge in [-0.25, -0.2) is 4.79 Å². The van der Waals surface area contributed by atoms with Crippen LogP contribution >= 0.6 is 0 Å². The van der Waals surface area contributed by atoms with Gasteiger partial charge in [0.25, 0.3) is 0 Å². The van der Waals surface area contributed by atoms with E-state index in [1.54, 1.807) is 0 Å². The van der Waals surface area contributed by atoms with E-state index in [9.17, 15) is 18.7 Å². The first-order valence-electron chi connectivity index (χ1n) is 6.68. The van der Waals surface area contributed by atoms with Gasteiger partial charge in [0.1, 0.15) is 5.60 Å². The number of esters is 1. The van der Waals surface area contributed by atoms with Crippen molar-refractivity contribution < 1.29 is 23.4 Å². The zero-order valence-corrected chi connectivity index (χ0v) is 10.6.